The third kappa shape index (κ3) is 3.07. The maximum atomic E-state index is 5.82. The van der Waals surface area contributed by atoms with Crippen molar-refractivity contribution in [1.82, 2.24) is 0 Å². The molecular formula is C7H15ClO. The Labute approximate surface area is 62.3 Å². The van der Waals surface area contributed by atoms with E-state index in [1.807, 2.05) is 13.8 Å². The molecule has 0 aliphatic heterocycles. The summed E-state index contributed by atoms with van der Waals surface area (Å²) in [5, 5.41) is 0.194. The van der Waals surface area contributed by atoms with Crippen LogP contribution in [0.1, 0.15) is 20.8 Å². The predicted octanol–water partition coefficient (Wildman–Crippen LogP) is 2.28. The predicted molar refractivity (Wildman–Crippen MR) is 41.0 cm³/mol. The molecule has 0 heterocycles. The summed E-state index contributed by atoms with van der Waals surface area (Å²) in [6.07, 6.45) is 0.262. The monoisotopic (exact) mass is 150 g/mol. The molecule has 0 bridgehead atoms. The van der Waals surface area contributed by atoms with Crippen LogP contribution in [-0.2, 0) is 4.74 Å². The summed E-state index contributed by atoms with van der Waals surface area (Å²) >= 11 is 5.82. The van der Waals surface area contributed by atoms with Gasteiger partial charge in [0.05, 0.1) is 6.10 Å². The van der Waals surface area contributed by atoms with Crippen molar-refractivity contribution in [3.05, 3.63) is 0 Å². The highest BCUT2D eigenvalue weighted by atomic mass is 35.5. The Morgan fingerprint density at radius 1 is 1.22 bits per heavy atom. The van der Waals surface area contributed by atoms with Gasteiger partial charge >= 0.3 is 0 Å². The van der Waals surface area contributed by atoms with E-state index in [0.29, 0.717) is 5.92 Å². The van der Waals surface area contributed by atoms with Crippen LogP contribution in [0.2, 0.25) is 0 Å². The fourth-order valence-corrected chi connectivity index (χ4v) is 0.793. The molecule has 0 N–H and O–H groups in total. The van der Waals surface area contributed by atoms with Crippen molar-refractivity contribution < 1.29 is 4.74 Å². The van der Waals surface area contributed by atoms with Gasteiger partial charge in [-0.2, -0.15) is 0 Å². The normalized spacial score (nSPS) is 21.0. The highest BCUT2D eigenvalue weighted by Gasteiger charge is 2.15. The van der Waals surface area contributed by atoms with Gasteiger partial charge < -0.3 is 4.74 Å². The molecule has 0 aromatic rings. The molecule has 0 aliphatic carbocycles. The molecule has 56 valence electrons. The maximum absolute atomic E-state index is 5.82. The molecule has 1 nitrogen and oxygen atoms in total. The summed E-state index contributed by atoms with van der Waals surface area (Å²) in [6.45, 7) is 6.11. The highest BCUT2D eigenvalue weighted by molar-refractivity contribution is 6.20. The Bertz CT molecular complexity index is 73.3. The number of halogens is 1. The zero-order valence-electron chi connectivity index (χ0n) is 6.52. The van der Waals surface area contributed by atoms with E-state index in [-0.39, 0.29) is 11.5 Å². The van der Waals surface area contributed by atoms with E-state index in [4.69, 9.17) is 16.3 Å². The van der Waals surface area contributed by atoms with Gasteiger partial charge in [-0.15, -0.1) is 11.6 Å². The first-order valence-corrected chi connectivity index (χ1v) is 3.70. The zero-order chi connectivity index (χ0) is 7.44. The SMILES string of the molecule is CO[C@H](C)[C@H](C)[C@@H](C)Cl. The van der Waals surface area contributed by atoms with E-state index in [0.717, 1.165) is 0 Å². The van der Waals surface area contributed by atoms with Gasteiger partial charge in [0.2, 0.25) is 0 Å². The van der Waals surface area contributed by atoms with Gasteiger partial charge in [-0.25, -0.2) is 0 Å². The van der Waals surface area contributed by atoms with Crippen LogP contribution < -0.4 is 0 Å². The van der Waals surface area contributed by atoms with Gasteiger partial charge in [-0.05, 0) is 19.8 Å². The minimum atomic E-state index is 0.194. The third-order valence-corrected chi connectivity index (χ3v) is 2.23. The molecule has 0 radical (unpaired) electrons. The van der Waals surface area contributed by atoms with E-state index in [1.165, 1.54) is 0 Å². The summed E-state index contributed by atoms with van der Waals surface area (Å²) in [5.41, 5.74) is 0. The molecule has 0 aromatic heterocycles. The molecule has 0 amide bonds. The topological polar surface area (TPSA) is 9.23 Å². The number of hydrogen-bond donors (Lipinski definition) is 0. The van der Waals surface area contributed by atoms with E-state index < -0.39 is 0 Å². The van der Waals surface area contributed by atoms with E-state index in [9.17, 15) is 0 Å². The first-order valence-electron chi connectivity index (χ1n) is 3.26. The Hall–Kier alpha value is 0.250. The Balaban J connectivity index is 3.58. The first kappa shape index (κ1) is 9.25. The summed E-state index contributed by atoms with van der Waals surface area (Å²) in [6, 6.07) is 0. The van der Waals surface area contributed by atoms with Gasteiger partial charge in [-0.3, -0.25) is 0 Å². The molecule has 0 spiro atoms. The minimum Gasteiger partial charge on any atom is -0.381 e. The maximum Gasteiger partial charge on any atom is 0.0582 e. The van der Waals surface area contributed by atoms with Crippen LogP contribution >= 0.6 is 11.6 Å². The van der Waals surface area contributed by atoms with Gasteiger partial charge in [0.1, 0.15) is 0 Å². The second kappa shape index (κ2) is 4.13. The second-order valence-electron chi connectivity index (χ2n) is 2.48. The van der Waals surface area contributed by atoms with Crippen LogP contribution in [-0.4, -0.2) is 18.6 Å². The second-order valence-corrected chi connectivity index (χ2v) is 3.17. The molecule has 0 unspecified atom stereocenters. The van der Waals surface area contributed by atoms with Crippen molar-refractivity contribution in [2.45, 2.75) is 32.3 Å². The lowest BCUT2D eigenvalue weighted by molar-refractivity contribution is 0.0737. The van der Waals surface area contributed by atoms with Crippen molar-refractivity contribution in [3.8, 4) is 0 Å². The molecular weight excluding hydrogens is 136 g/mol. The third-order valence-electron chi connectivity index (χ3n) is 1.84. The van der Waals surface area contributed by atoms with Crippen LogP contribution in [0.5, 0.6) is 0 Å². The van der Waals surface area contributed by atoms with Gasteiger partial charge in [0, 0.05) is 12.5 Å². The van der Waals surface area contributed by atoms with Crippen LogP contribution in [0.4, 0.5) is 0 Å². The van der Waals surface area contributed by atoms with Crippen LogP contribution in [0.15, 0.2) is 0 Å². The van der Waals surface area contributed by atoms with E-state index >= 15 is 0 Å². The summed E-state index contributed by atoms with van der Waals surface area (Å²) in [4.78, 5) is 0. The molecule has 0 saturated heterocycles. The summed E-state index contributed by atoms with van der Waals surface area (Å²) in [7, 11) is 1.71. The summed E-state index contributed by atoms with van der Waals surface area (Å²) < 4.78 is 5.09. The lowest BCUT2D eigenvalue weighted by atomic mass is 10.0. The molecule has 0 aliphatic rings. The van der Waals surface area contributed by atoms with Crippen LogP contribution in [0.25, 0.3) is 0 Å². The van der Waals surface area contributed by atoms with Crippen molar-refractivity contribution >= 4 is 11.6 Å². The Morgan fingerprint density at radius 2 is 1.67 bits per heavy atom. The Morgan fingerprint density at radius 3 is 1.78 bits per heavy atom. The smallest absolute Gasteiger partial charge is 0.0582 e. The largest absolute Gasteiger partial charge is 0.381 e. The standard InChI is InChI=1S/C7H15ClO/c1-5(6(2)8)7(3)9-4/h5-7H,1-4H3/t5-,6-,7-/m1/s1. The van der Waals surface area contributed by atoms with E-state index in [1.54, 1.807) is 7.11 Å². The van der Waals surface area contributed by atoms with Gasteiger partial charge in [0.25, 0.3) is 0 Å². The van der Waals surface area contributed by atoms with Crippen molar-refractivity contribution in [1.29, 1.82) is 0 Å². The summed E-state index contributed by atoms with van der Waals surface area (Å²) in [5.74, 6) is 0.427. The van der Waals surface area contributed by atoms with Crippen molar-refractivity contribution in [2.75, 3.05) is 7.11 Å². The molecule has 3 atom stereocenters. The fourth-order valence-electron chi connectivity index (χ4n) is 0.588. The lowest BCUT2D eigenvalue weighted by Crippen LogP contribution is -2.22. The first-order chi connectivity index (χ1) is 4.09. The number of hydrogen-bond acceptors (Lipinski definition) is 1. The van der Waals surface area contributed by atoms with Crippen molar-refractivity contribution in [3.63, 3.8) is 0 Å². The van der Waals surface area contributed by atoms with Crippen molar-refractivity contribution in [2.24, 2.45) is 5.92 Å². The lowest BCUT2D eigenvalue weighted by Gasteiger charge is -2.19. The molecule has 9 heavy (non-hydrogen) atoms. The van der Waals surface area contributed by atoms with E-state index in [2.05, 4.69) is 6.92 Å². The highest BCUT2D eigenvalue weighted by Crippen LogP contribution is 2.15. The fraction of sp³-hybridized carbons (Fsp3) is 1.00. The molecule has 0 fully saturated rings. The average Bonchev–Trinajstić information content (AvgIpc) is 1.84. The number of methoxy groups -OCH3 is 1. The minimum absolute atomic E-state index is 0.194. The van der Waals surface area contributed by atoms with Crippen LogP contribution in [0, 0.1) is 5.92 Å². The molecule has 0 rings (SSSR count). The average molecular weight is 151 g/mol. The zero-order valence-corrected chi connectivity index (χ0v) is 7.27. The molecule has 2 heteroatoms. The molecule has 0 aromatic carbocycles. The Kier molecular flexibility index (Phi) is 4.24. The number of alkyl halides is 1. The van der Waals surface area contributed by atoms with Gasteiger partial charge in [-0.1, -0.05) is 6.92 Å². The molecule has 0 saturated carbocycles. The number of ether oxygens (including phenoxy) is 1. The van der Waals surface area contributed by atoms with Crippen LogP contribution in [0.3, 0.4) is 0 Å². The van der Waals surface area contributed by atoms with Gasteiger partial charge in [0.15, 0.2) is 0 Å². The number of rotatable bonds is 3. The quantitative estimate of drug-likeness (QED) is 0.561.